The van der Waals surface area contributed by atoms with Crippen molar-refractivity contribution in [3.63, 3.8) is 0 Å². The van der Waals surface area contributed by atoms with Gasteiger partial charge in [0.05, 0.1) is 38.1 Å². The molecule has 50 heavy (non-hydrogen) atoms. The number of benzene rings is 5. The zero-order valence-corrected chi connectivity index (χ0v) is 28.6. The van der Waals surface area contributed by atoms with E-state index in [1.807, 2.05) is 97.9 Å². The van der Waals surface area contributed by atoms with E-state index in [9.17, 15) is 4.79 Å². The van der Waals surface area contributed by atoms with Gasteiger partial charge in [-0.3, -0.25) is 4.79 Å². The molecule has 6 aromatic rings. The summed E-state index contributed by atoms with van der Waals surface area (Å²) in [5, 5.41) is 2.11. The van der Waals surface area contributed by atoms with Gasteiger partial charge in [-0.2, -0.15) is 0 Å². The minimum Gasteiger partial charge on any atom is -0.497 e. The Hall–Kier alpha value is -6.41. The van der Waals surface area contributed by atoms with Crippen LogP contribution in [0.2, 0.25) is 0 Å². The average molecular weight is 661 g/mol. The van der Waals surface area contributed by atoms with Gasteiger partial charge in [0.25, 0.3) is 5.78 Å². The number of hydrogen-bond donors (Lipinski definition) is 0. The molecule has 0 saturated carbocycles. The number of carbonyl (C=O) groups excluding carboxylic acids is 1. The number of fused-ring (bicyclic) bond motifs is 3. The smallest absolute Gasteiger partial charge is 0.279 e. The Labute approximate surface area is 292 Å². The Morgan fingerprint density at radius 1 is 0.700 bits per heavy atom. The Morgan fingerprint density at radius 2 is 1.20 bits per heavy atom. The molecule has 0 aliphatic heterocycles. The van der Waals surface area contributed by atoms with Crippen LogP contribution in [0.4, 0.5) is 11.4 Å². The number of aromatic nitrogens is 1. The summed E-state index contributed by atoms with van der Waals surface area (Å²) >= 11 is 0. The maximum atomic E-state index is 12.6. The number of methoxy groups -OCH3 is 4. The molecule has 6 rings (SSSR count). The summed E-state index contributed by atoms with van der Waals surface area (Å²) < 4.78 is 24.3. The average Bonchev–Trinajstić information content (AvgIpc) is 3.49. The van der Waals surface area contributed by atoms with Gasteiger partial charge in [0, 0.05) is 45.9 Å². The third kappa shape index (κ3) is 6.77. The monoisotopic (exact) mass is 660 g/mol. The number of hydrogen-bond acceptors (Lipinski definition) is 6. The highest BCUT2D eigenvalue weighted by Crippen LogP contribution is 2.37. The van der Waals surface area contributed by atoms with Gasteiger partial charge >= 0.3 is 0 Å². The Morgan fingerprint density at radius 3 is 1.70 bits per heavy atom. The van der Waals surface area contributed by atoms with Crippen LogP contribution in [-0.4, -0.2) is 45.0 Å². The van der Waals surface area contributed by atoms with Crippen molar-refractivity contribution in [1.29, 1.82) is 0 Å². The SMILES string of the molecule is C=Cc1cc(OC)ccc1N(c1ccc(C#CC(=O)C#Cc2ccc(-n3c4ccc(OC)cc4c4cc(OC)ccc43)cc2)cc1)C(C)OC. The Kier molecular flexibility index (Phi) is 9.90. The minimum atomic E-state index is -0.466. The molecule has 5 aromatic carbocycles. The van der Waals surface area contributed by atoms with E-state index >= 15 is 0 Å². The summed E-state index contributed by atoms with van der Waals surface area (Å²) in [6, 6.07) is 33.3. The van der Waals surface area contributed by atoms with Gasteiger partial charge < -0.3 is 28.4 Å². The molecule has 1 unspecified atom stereocenters. The standard InChI is InChI=1S/C43H36N2O5/c1-7-32-26-36(48-4)20-23-41(32)44(29(2)47-3)33-14-8-30(9-15-33)12-18-35(46)19-13-31-10-16-34(17-11-31)45-42-24-21-37(49-5)27-39(42)40-28-38(50-6)22-25-43(40)45/h7-11,14-17,20-29H,1H2,2-6H3. The third-order valence-corrected chi connectivity index (χ3v) is 8.51. The van der Waals surface area contributed by atoms with Gasteiger partial charge in [-0.25, -0.2) is 0 Å². The van der Waals surface area contributed by atoms with E-state index < -0.39 is 5.78 Å². The normalized spacial score (nSPS) is 11.1. The van der Waals surface area contributed by atoms with Crippen LogP contribution in [0, 0.1) is 23.7 Å². The number of Topliss-reactive ketones (excluding diaryl/α,β-unsaturated/α-hetero) is 1. The molecule has 1 aromatic heterocycles. The van der Waals surface area contributed by atoms with Crippen molar-refractivity contribution in [2.75, 3.05) is 33.3 Å². The molecule has 7 nitrogen and oxygen atoms in total. The van der Waals surface area contributed by atoms with Gasteiger partial charge in [-0.1, -0.05) is 24.5 Å². The van der Waals surface area contributed by atoms with E-state index in [1.54, 1.807) is 34.5 Å². The maximum Gasteiger partial charge on any atom is 0.279 e. The van der Waals surface area contributed by atoms with E-state index in [2.05, 4.69) is 51.9 Å². The number of nitrogens with zero attached hydrogens (tertiary/aromatic N) is 2. The van der Waals surface area contributed by atoms with Crippen LogP contribution < -0.4 is 19.1 Å². The van der Waals surface area contributed by atoms with E-state index in [-0.39, 0.29) is 6.23 Å². The molecule has 1 heterocycles. The lowest BCUT2D eigenvalue weighted by Crippen LogP contribution is -2.30. The summed E-state index contributed by atoms with van der Waals surface area (Å²) in [6.45, 7) is 5.94. The third-order valence-electron chi connectivity index (χ3n) is 8.51. The molecule has 0 aliphatic rings. The maximum absolute atomic E-state index is 12.6. The van der Waals surface area contributed by atoms with Crippen LogP contribution in [0.5, 0.6) is 17.2 Å². The van der Waals surface area contributed by atoms with Crippen molar-refractivity contribution in [2.24, 2.45) is 0 Å². The molecule has 248 valence electrons. The first kappa shape index (κ1) is 33.5. The topological polar surface area (TPSA) is 62.2 Å². The predicted octanol–water partition coefficient (Wildman–Crippen LogP) is 8.56. The zero-order chi connectivity index (χ0) is 35.2. The lowest BCUT2D eigenvalue weighted by Gasteiger charge is -2.31. The Bertz CT molecular complexity index is 2270. The van der Waals surface area contributed by atoms with Crippen LogP contribution in [-0.2, 0) is 9.53 Å². The van der Waals surface area contributed by atoms with Crippen LogP contribution in [0.15, 0.2) is 110 Å². The number of ether oxygens (including phenoxy) is 4. The summed E-state index contributed by atoms with van der Waals surface area (Å²) in [5.41, 5.74) is 7.16. The summed E-state index contributed by atoms with van der Waals surface area (Å²) in [5.74, 6) is 13.1. The molecule has 0 N–H and O–H groups in total. The molecular weight excluding hydrogens is 624 g/mol. The van der Waals surface area contributed by atoms with Gasteiger partial charge in [0.15, 0.2) is 0 Å². The van der Waals surface area contributed by atoms with Gasteiger partial charge in [0.1, 0.15) is 23.5 Å². The fourth-order valence-electron chi connectivity index (χ4n) is 5.89. The number of carbonyl (C=O) groups is 1. The van der Waals surface area contributed by atoms with Gasteiger partial charge in [-0.15, -0.1) is 0 Å². The highest BCUT2D eigenvalue weighted by molar-refractivity contribution is 6.10. The summed E-state index contributed by atoms with van der Waals surface area (Å²) in [7, 11) is 6.62. The number of rotatable bonds is 9. The summed E-state index contributed by atoms with van der Waals surface area (Å²) in [6.07, 6.45) is 1.52. The fourth-order valence-corrected chi connectivity index (χ4v) is 5.89. The first-order chi connectivity index (χ1) is 24.4. The van der Waals surface area contributed by atoms with Crippen LogP contribution in [0.25, 0.3) is 33.6 Å². The lowest BCUT2D eigenvalue weighted by atomic mass is 10.1. The molecule has 0 radical (unpaired) electrons. The molecule has 0 fully saturated rings. The first-order valence-corrected chi connectivity index (χ1v) is 15.9. The van der Waals surface area contributed by atoms with E-state index in [1.165, 1.54) is 0 Å². The Balaban J connectivity index is 1.20. The number of anilines is 2. The highest BCUT2D eigenvalue weighted by atomic mass is 16.5. The van der Waals surface area contributed by atoms with Crippen molar-refractivity contribution in [2.45, 2.75) is 13.2 Å². The highest BCUT2D eigenvalue weighted by Gasteiger charge is 2.19. The number of ketones is 1. The van der Waals surface area contributed by atoms with Crippen LogP contribution in [0.3, 0.4) is 0 Å². The van der Waals surface area contributed by atoms with Gasteiger partial charge in [0.2, 0.25) is 0 Å². The second kappa shape index (κ2) is 14.8. The molecule has 0 amide bonds. The van der Waals surface area contributed by atoms with Crippen molar-refractivity contribution < 1.29 is 23.7 Å². The molecule has 0 aliphatic carbocycles. The fraction of sp³-hybridized carbons (Fsp3) is 0.140. The molecule has 0 spiro atoms. The minimum absolute atomic E-state index is 0.264. The molecule has 0 saturated heterocycles. The van der Waals surface area contributed by atoms with Crippen molar-refractivity contribution in [1.82, 2.24) is 4.57 Å². The second-order valence-corrected chi connectivity index (χ2v) is 11.4. The van der Waals surface area contributed by atoms with Crippen LogP contribution >= 0.6 is 0 Å². The second-order valence-electron chi connectivity index (χ2n) is 11.4. The van der Waals surface area contributed by atoms with Crippen molar-refractivity contribution in [3.05, 3.63) is 126 Å². The van der Waals surface area contributed by atoms with Crippen molar-refractivity contribution in [3.8, 4) is 46.6 Å². The molecule has 1 atom stereocenters. The molecule has 7 heteroatoms. The quantitative estimate of drug-likeness (QED) is 0.114. The summed E-state index contributed by atoms with van der Waals surface area (Å²) in [4.78, 5) is 14.7. The largest absolute Gasteiger partial charge is 0.497 e. The molecular formula is C43H36N2O5. The van der Waals surface area contributed by atoms with E-state index in [4.69, 9.17) is 18.9 Å². The lowest BCUT2D eigenvalue weighted by molar-refractivity contribution is -0.108. The van der Waals surface area contributed by atoms with E-state index in [0.717, 1.165) is 61.7 Å². The van der Waals surface area contributed by atoms with Gasteiger partial charge in [-0.05, 0) is 122 Å². The van der Waals surface area contributed by atoms with Crippen LogP contribution in [0.1, 0.15) is 23.6 Å². The van der Waals surface area contributed by atoms with Crippen molar-refractivity contribution >= 4 is 45.0 Å². The zero-order valence-electron chi connectivity index (χ0n) is 28.6. The first-order valence-electron chi connectivity index (χ1n) is 15.9. The molecule has 0 bridgehead atoms. The predicted molar refractivity (Wildman–Crippen MR) is 201 cm³/mol. The van der Waals surface area contributed by atoms with E-state index in [0.29, 0.717) is 11.1 Å².